The quantitative estimate of drug-likeness (QED) is 0.500. The summed E-state index contributed by atoms with van der Waals surface area (Å²) in [6.45, 7) is 3.98. The molecule has 2 N–H and O–H groups in total. The van der Waals surface area contributed by atoms with E-state index in [1.54, 1.807) is 6.92 Å². The van der Waals surface area contributed by atoms with Crippen LogP contribution in [0.1, 0.15) is 20.3 Å². The normalized spacial score (nSPS) is 12.2. The number of carbonyl (C=O) groups excluding carboxylic acids is 1. The number of hydrogen-bond acceptors (Lipinski definition) is 4. The van der Waals surface area contributed by atoms with E-state index < -0.39 is 0 Å². The third-order valence-corrected chi connectivity index (χ3v) is 3.58. The highest BCUT2D eigenvalue weighted by atomic mass is 32.2. The zero-order chi connectivity index (χ0) is 12.8. The van der Waals surface area contributed by atoms with Gasteiger partial charge >= 0.3 is 5.97 Å². The van der Waals surface area contributed by atoms with Gasteiger partial charge in [-0.1, -0.05) is 6.92 Å². The second-order valence-corrected chi connectivity index (χ2v) is 4.69. The number of hydrogen-bond donors (Lipinski definition) is 1. The molecule has 0 amide bonds. The van der Waals surface area contributed by atoms with E-state index in [9.17, 15) is 9.18 Å². The second kappa shape index (κ2) is 6.49. The van der Waals surface area contributed by atoms with Crippen LogP contribution in [0.4, 0.5) is 10.1 Å². The Morgan fingerprint density at radius 1 is 1.53 bits per heavy atom. The maximum absolute atomic E-state index is 13.1. The minimum atomic E-state index is -0.361. The van der Waals surface area contributed by atoms with Gasteiger partial charge in [0.25, 0.3) is 0 Å². The lowest BCUT2D eigenvalue weighted by atomic mass is 10.3. The Labute approximate surface area is 105 Å². The molecule has 5 heteroatoms. The van der Waals surface area contributed by atoms with Crippen molar-refractivity contribution in [2.75, 3.05) is 12.3 Å². The standard InChI is InChI=1S/C12H16FNO2S/c1-3-10(12(15)16-4-2)17-11-7-8(13)5-6-9(11)14/h5-7,10H,3-4,14H2,1-2H3. The Balaban J connectivity index is 2.80. The SMILES string of the molecule is CCOC(=O)C(CC)Sc1cc(F)ccc1N. The van der Waals surface area contributed by atoms with Crippen LogP contribution < -0.4 is 5.73 Å². The highest BCUT2D eigenvalue weighted by molar-refractivity contribution is 8.00. The fourth-order valence-electron chi connectivity index (χ4n) is 1.30. The van der Waals surface area contributed by atoms with Crippen LogP contribution in [0.25, 0.3) is 0 Å². The molecule has 0 saturated carbocycles. The lowest BCUT2D eigenvalue weighted by Crippen LogP contribution is -2.19. The molecule has 0 fully saturated rings. The molecule has 0 heterocycles. The van der Waals surface area contributed by atoms with Gasteiger partial charge in [-0.15, -0.1) is 11.8 Å². The molecule has 1 aromatic carbocycles. The largest absolute Gasteiger partial charge is 0.465 e. The molecular weight excluding hydrogens is 241 g/mol. The van der Waals surface area contributed by atoms with Crippen LogP contribution in [0.2, 0.25) is 0 Å². The van der Waals surface area contributed by atoms with Gasteiger partial charge in [-0.05, 0) is 31.5 Å². The summed E-state index contributed by atoms with van der Waals surface area (Å²) in [6, 6.07) is 4.13. The number of anilines is 1. The van der Waals surface area contributed by atoms with E-state index in [4.69, 9.17) is 10.5 Å². The average Bonchev–Trinajstić information content (AvgIpc) is 2.30. The Bertz CT molecular complexity index is 398. The molecule has 1 aromatic rings. The van der Waals surface area contributed by atoms with Crippen LogP contribution in [0.15, 0.2) is 23.1 Å². The molecule has 0 saturated heterocycles. The van der Waals surface area contributed by atoms with Gasteiger partial charge in [0.2, 0.25) is 0 Å². The maximum atomic E-state index is 13.1. The van der Waals surface area contributed by atoms with Crippen molar-refractivity contribution in [3.05, 3.63) is 24.0 Å². The van der Waals surface area contributed by atoms with Gasteiger partial charge in [0.15, 0.2) is 0 Å². The van der Waals surface area contributed by atoms with Crippen molar-refractivity contribution in [1.29, 1.82) is 0 Å². The molecule has 0 aliphatic heterocycles. The van der Waals surface area contributed by atoms with Gasteiger partial charge in [0.1, 0.15) is 11.1 Å². The number of esters is 1. The molecule has 1 atom stereocenters. The monoisotopic (exact) mass is 257 g/mol. The van der Waals surface area contributed by atoms with E-state index >= 15 is 0 Å². The summed E-state index contributed by atoms with van der Waals surface area (Å²) < 4.78 is 18.0. The van der Waals surface area contributed by atoms with Crippen molar-refractivity contribution >= 4 is 23.4 Å². The molecule has 0 spiro atoms. The maximum Gasteiger partial charge on any atom is 0.319 e. The van der Waals surface area contributed by atoms with Crippen LogP contribution in [0.3, 0.4) is 0 Å². The van der Waals surface area contributed by atoms with Gasteiger partial charge in [-0.25, -0.2) is 4.39 Å². The third kappa shape index (κ3) is 3.93. The second-order valence-electron chi connectivity index (χ2n) is 3.45. The minimum Gasteiger partial charge on any atom is -0.465 e. The highest BCUT2D eigenvalue weighted by Gasteiger charge is 2.20. The fourth-order valence-corrected chi connectivity index (χ4v) is 2.32. The summed E-state index contributed by atoms with van der Waals surface area (Å²) in [6.07, 6.45) is 0.611. The molecule has 3 nitrogen and oxygen atoms in total. The van der Waals surface area contributed by atoms with Gasteiger partial charge in [0, 0.05) is 10.6 Å². The first-order valence-electron chi connectivity index (χ1n) is 5.46. The first-order valence-corrected chi connectivity index (χ1v) is 6.34. The molecule has 17 heavy (non-hydrogen) atoms. The fraction of sp³-hybridized carbons (Fsp3) is 0.417. The Morgan fingerprint density at radius 3 is 2.82 bits per heavy atom. The number of halogens is 1. The predicted molar refractivity (Wildman–Crippen MR) is 67.4 cm³/mol. The van der Waals surface area contributed by atoms with Crippen LogP contribution in [0, 0.1) is 5.82 Å². The minimum absolute atomic E-state index is 0.288. The number of thioether (sulfide) groups is 1. The highest BCUT2D eigenvalue weighted by Crippen LogP contribution is 2.31. The summed E-state index contributed by atoms with van der Waals surface area (Å²) in [5, 5.41) is -0.348. The summed E-state index contributed by atoms with van der Waals surface area (Å²) in [5.41, 5.74) is 6.20. The van der Waals surface area contributed by atoms with Gasteiger partial charge in [-0.3, -0.25) is 4.79 Å². The van der Waals surface area contributed by atoms with Crippen LogP contribution in [0.5, 0.6) is 0 Å². The van der Waals surface area contributed by atoms with Crippen molar-refractivity contribution < 1.29 is 13.9 Å². The molecular formula is C12H16FNO2S. The first kappa shape index (κ1) is 13.8. The number of nitrogens with two attached hydrogens (primary N) is 1. The molecule has 1 rings (SSSR count). The molecule has 0 radical (unpaired) electrons. The average molecular weight is 257 g/mol. The van der Waals surface area contributed by atoms with Crippen molar-refractivity contribution in [3.63, 3.8) is 0 Å². The predicted octanol–water partition coefficient (Wildman–Crippen LogP) is 2.84. The Morgan fingerprint density at radius 2 is 2.24 bits per heavy atom. The number of ether oxygens (including phenoxy) is 1. The van der Waals surface area contributed by atoms with Crippen molar-refractivity contribution in [2.24, 2.45) is 0 Å². The van der Waals surface area contributed by atoms with Crippen LogP contribution in [-0.4, -0.2) is 17.8 Å². The van der Waals surface area contributed by atoms with E-state index in [-0.39, 0.29) is 17.0 Å². The van der Waals surface area contributed by atoms with Gasteiger partial charge < -0.3 is 10.5 Å². The van der Waals surface area contributed by atoms with Crippen molar-refractivity contribution in [3.8, 4) is 0 Å². The topological polar surface area (TPSA) is 52.3 Å². The lowest BCUT2D eigenvalue weighted by molar-refractivity contribution is -0.142. The zero-order valence-corrected chi connectivity index (χ0v) is 10.7. The molecule has 0 aliphatic carbocycles. The lowest BCUT2D eigenvalue weighted by Gasteiger charge is -2.14. The number of benzene rings is 1. The number of rotatable bonds is 5. The van der Waals surface area contributed by atoms with Crippen molar-refractivity contribution in [2.45, 2.75) is 30.4 Å². The summed E-state index contributed by atoms with van der Waals surface area (Å²) in [7, 11) is 0. The van der Waals surface area contributed by atoms with E-state index in [0.717, 1.165) is 0 Å². The molecule has 0 aromatic heterocycles. The molecule has 1 unspecified atom stereocenters. The molecule has 0 aliphatic rings. The number of nitrogen functional groups attached to an aromatic ring is 1. The van der Waals surface area contributed by atoms with Crippen LogP contribution >= 0.6 is 11.8 Å². The molecule has 94 valence electrons. The Kier molecular flexibility index (Phi) is 5.28. The Hall–Kier alpha value is -1.23. The smallest absolute Gasteiger partial charge is 0.319 e. The first-order chi connectivity index (χ1) is 8.08. The zero-order valence-electron chi connectivity index (χ0n) is 9.90. The van der Waals surface area contributed by atoms with Gasteiger partial charge in [0.05, 0.1) is 6.61 Å². The summed E-state index contributed by atoms with van der Waals surface area (Å²) in [4.78, 5) is 12.2. The summed E-state index contributed by atoms with van der Waals surface area (Å²) in [5.74, 6) is -0.649. The van der Waals surface area contributed by atoms with E-state index in [1.807, 2.05) is 6.92 Å². The van der Waals surface area contributed by atoms with Gasteiger partial charge in [-0.2, -0.15) is 0 Å². The van der Waals surface area contributed by atoms with E-state index in [2.05, 4.69) is 0 Å². The third-order valence-electron chi connectivity index (χ3n) is 2.17. The number of carbonyl (C=O) groups is 1. The van der Waals surface area contributed by atoms with E-state index in [1.165, 1.54) is 30.0 Å². The molecule has 0 bridgehead atoms. The van der Waals surface area contributed by atoms with E-state index in [0.29, 0.717) is 23.6 Å². The summed E-state index contributed by atoms with van der Waals surface area (Å²) >= 11 is 1.24. The van der Waals surface area contributed by atoms with Crippen LogP contribution in [-0.2, 0) is 9.53 Å². The van der Waals surface area contributed by atoms with Crippen molar-refractivity contribution in [1.82, 2.24) is 0 Å².